The Kier molecular flexibility index (Phi) is 5.43. The van der Waals surface area contributed by atoms with Gasteiger partial charge in [0.05, 0.1) is 0 Å². The average Bonchev–Trinajstić information content (AvgIpc) is 1.88. The molecule has 0 aromatic carbocycles. The van der Waals surface area contributed by atoms with Crippen LogP contribution in [0.4, 0.5) is 0 Å². The normalized spacial score (nSPS) is 21.8. The van der Waals surface area contributed by atoms with Gasteiger partial charge in [0.25, 0.3) is 0 Å². The van der Waals surface area contributed by atoms with Crippen molar-refractivity contribution in [1.82, 2.24) is 0 Å². The van der Waals surface area contributed by atoms with Gasteiger partial charge in [-0.15, -0.1) is 0 Å². The molecule has 0 spiro atoms. The molecular weight excluding hydrogens is 174 g/mol. The van der Waals surface area contributed by atoms with Crippen molar-refractivity contribution in [1.29, 1.82) is 0 Å². The number of hydrogen-bond donors (Lipinski definition) is 1. The van der Waals surface area contributed by atoms with Gasteiger partial charge in [0.15, 0.2) is 0 Å². The second-order valence-electron chi connectivity index (χ2n) is 3.74. The van der Waals surface area contributed by atoms with E-state index in [1.807, 2.05) is 0 Å². The first-order chi connectivity index (χ1) is 4.70. The van der Waals surface area contributed by atoms with Crippen molar-refractivity contribution in [3.8, 4) is 0 Å². The minimum absolute atomic E-state index is 0. The van der Waals surface area contributed by atoms with E-state index in [4.69, 9.17) is 5.73 Å². The summed E-state index contributed by atoms with van der Waals surface area (Å²) in [6.45, 7) is 4.62. The molecule has 1 rings (SSSR count). The van der Waals surface area contributed by atoms with Crippen LogP contribution in [0.25, 0.3) is 0 Å². The maximum absolute atomic E-state index is 5.71. The van der Waals surface area contributed by atoms with E-state index in [0.717, 1.165) is 11.8 Å². The topological polar surface area (TPSA) is 26.0 Å². The molecule has 1 aliphatic carbocycles. The third-order valence-corrected chi connectivity index (χ3v) is 2.62. The molecule has 1 aliphatic rings. The fourth-order valence-electron chi connectivity index (χ4n) is 1.68. The van der Waals surface area contributed by atoms with Gasteiger partial charge in [0.1, 0.15) is 0 Å². The summed E-state index contributed by atoms with van der Waals surface area (Å²) in [5.74, 6) is 1.79. The second kappa shape index (κ2) is 5.19. The molecule has 0 saturated heterocycles. The van der Waals surface area contributed by atoms with Crippen LogP contribution >= 0.6 is 0 Å². The molecule has 0 atom stereocenters. The molecule has 0 radical (unpaired) electrons. The van der Waals surface area contributed by atoms with Crippen LogP contribution < -0.4 is 5.73 Å². The van der Waals surface area contributed by atoms with E-state index in [2.05, 4.69) is 13.8 Å². The molecule has 0 aliphatic heterocycles. The van der Waals surface area contributed by atoms with Crippen molar-refractivity contribution < 1.29 is 17.4 Å². The van der Waals surface area contributed by atoms with E-state index in [1.165, 1.54) is 31.7 Å². The van der Waals surface area contributed by atoms with Crippen LogP contribution in [0.3, 0.4) is 0 Å². The van der Waals surface area contributed by atoms with Crippen LogP contribution in [0, 0.1) is 17.9 Å². The predicted octanol–water partition coefficient (Wildman–Crippen LogP) is 2.32. The maximum Gasteiger partial charge on any atom is 0 e. The summed E-state index contributed by atoms with van der Waals surface area (Å²) < 4.78 is 0. The maximum atomic E-state index is 5.71. The Bertz CT molecular complexity index is 95.7. The molecule has 0 heterocycles. The largest absolute Gasteiger partial charge is 0.480 e. The molecule has 0 aromatic rings. The summed E-state index contributed by atoms with van der Waals surface area (Å²) in [5, 5.41) is 0. The summed E-state index contributed by atoms with van der Waals surface area (Å²) in [7, 11) is 0. The van der Waals surface area contributed by atoms with Crippen molar-refractivity contribution in [2.45, 2.75) is 39.5 Å². The fraction of sp³-hybridized carbons (Fsp3) is 0.889. The standard InChI is InChI=1S/C9H18N.Cr/c1-7(2)8-3-5-9(10)6-4-8;/h7-8H,3-6,10H2,1-2H3;/q-1;. The zero-order valence-electron chi connectivity index (χ0n) is 7.47. The monoisotopic (exact) mass is 192 g/mol. The molecule has 0 aromatic heterocycles. The van der Waals surface area contributed by atoms with Crippen LogP contribution in [-0.2, 0) is 17.4 Å². The first-order valence-corrected chi connectivity index (χ1v) is 4.30. The minimum Gasteiger partial charge on any atom is -0.480 e. The van der Waals surface area contributed by atoms with Gasteiger partial charge in [-0.25, -0.2) is 0 Å². The number of nitrogens with two attached hydrogens (primary N) is 1. The predicted molar refractivity (Wildman–Crippen MR) is 44.2 cm³/mol. The summed E-state index contributed by atoms with van der Waals surface area (Å²) in [6.07, 6.45) is 4.98. The summed E-state index contributed by atoms with van der Waals surface area (Å²) in [6, 6.07) is 1.22. The molecule has 1 nitrogen and oxygen atoms in total. The SMILES string of the molecule is CC(C)C1CC[C-](N)CC1.[Cr]. The van der Waals surface area contributed by atoms with E-state index in [-0.39, 0.29) is 17.4 Å². The number of rotatable bonds is 1. The van der Waals surface area contributed by atoms with E-state index in [1.54, 1.807) is 0 Å². The van der Waals surface area contributed by atoms with E-state index < -0.39 is 0 Å². The summed E-state index contributed by atoms with van der Waals surface area (Å²) in [4.78, 5) is 0. The Morgan fingerprint density at radius 2 is 1.73 bits per heavy atom. The van der Waals surface area contributed by atoms with Gasteiger partial charge in [0, 0.05) is 17.4 Å². The molecule has 0 amide bonds. The summed E-state index contributed by atoms with van der Waals surface area (Å²) in [5.41, 5.74) is 5.71. The van der Waals surface area contributed by atoms with Gasteiger partial charge in [-0.1, -0.05) is 26.7 Å². The first-order valence-electron chi connectivity index (χ1n) is 4.30. The van der Waals surface area contributed by atoms with Crippen molar-refractivity contribution in [2.75, 3.05) is 0 Å². The van der Waals surface area contributed by atoms with Crippen molar-refractivity contribution in [2.24, 2.45) is 17.6 Å². The Labute approximate surface area is 80.9 Å². The quantitative estimate of drug-likeness (QED) is 0.634. The van der Waals surface area contributed by atoms with Gasteiger partial charge in [-0.05, 0) is 11.8 Å². The van der Waals surface area contributed by atoms with Crippen LogP contribution in [0.2, 0.25) is 0 Å². The van der Waals surface area contributed by atoms with Crippen molar-refractivity contribution in [3.05, 3.63) is 6.04 Å². The molecule has 1 saturated carbocycles. The third-order valence-electron chi connectivity index (χ3n) is 2.62. The molecule has 1 fully saturated rings. The molecule has 11 heavy (non-hydrogen) atoms. The molecule has 0 bridgehead atoms. The Morgan fingerprint density at radius 1 is 1.27 bits per heavy atom. The van der Waals surface area contributed by atoms with E-state index in [0.29, 0.717) is 0 Å². The van der Waals surface area contributed by atoms with Crippen LogP contribution in [-0.4, -0.2) is 0 Å². The van der Waals surface area contributed by atoms with Gasteiger partial charge in [-0.2, -0.15) is 12.8 Å². The first kappa shape index (κ1) is 11.5. The zero-order valence-corrected chi connectivity index (χ0v) is 8.74. The molecule has 2 heteroatoms. The molecule has 0 unspecified atom stereocenters. The Morgan fingerprint density at radius 3 is 2.09 bits per heavy atom. The van der Waals surface area contributed by atoms with Gasteiger partial charge in [0.2, 0.25) is 0 Å². The van der Waals surface area contributed by atoms with Gasteiger partial charge in [-0.3, -0.25) is 6.04 Å². The van der Waals surface area contributed by atoms with Gasteiger partial charge < -0.3 is 5.73 Å². The smallest absolute Gasteiger partial charge is 0 e. The Balaban J connectivity index is 0.000001000. The fourth-order valence-corrected chi connectivity index (χ4v) is 1.68. The number of hydrogen-bond acceptors (Lipinski definition) is 1. The van der Waals surface area contributed by atoms with Crippen molar-refractivity contribution in [3.63, 3.8) is 0 Å². The minimum atomic E-state index is 0. The zero-order chi connectivity index (χ0) is 7.56. The summed E-state index contributed by atoms with van der Waals surface area (Å²) >= 11 is 0. The second-order valence-corrected chi connectivity index (χ2v) is 3.74. The van der Waals surface area contributed by atoms with E-state index >= 15 is 0 Å². The van der Waals surface area contributed by atoms with Gasteiger partial charge >= 0.3 is 0 Å². The molecule has 66 valence electrons. The van der Waals surface area contributed by atoms with E-state index in [9.17, 15) is 0 Å². The van der Waals surface area contributed by atoms with Crippen LogP contribution in [0.15, 0.2) is 0 Å². The molecule has 2 N–H and O–H groups in total. The molecular formula is C9H18CrN-. The Hall–Kier alpha value is 0.492. The van der Waals surface area contributed by atoms with Crippen molar-refractivity contribution >= 4 is 0 Å². The van der Waals surface area contributed by atoms with Crippen LogP contribution in [0.1, 0.15) is 39.5 Å². The third kappa shape index (κ3) is 3.60. The van der Waals surface area contributed by atoms with Crippen LogP contribution in [0.5, 0.6) is 0 Å². The average molecular weight is 192 g/mol.